The predicted molar refractivity (Wildman–Crippen MR) is 80.7 cm³/mol. The summed E-state index contributed by atoms with van der Waals surface area (Å²) in [6.45, 7) is 10.3. The zero-order valence-corrected chi connectivity index (χ0v) is 13.2. The van der Waals surface area contributed by atoms with Crippen molar-refractivity contribution in [3.8, 4) is 0 Å². The fraction of sp³-hybridized carbons (Fsp3) is 1.00. The molecule has 1 aliphatic rings. The van der Waals surface area contributed by atoms with E-state index in [1.807, 2.05) is 0 Å². The van der Waals surface area contributed by atoms with Crippen LogP contribution in [-0.4, -0.2) is 30.6 Å². The maximum Gasteiger partial charge on any atom is 0.0243 e. The Morgan fingerprint density at radius 3 is 2.28 bits per heavy atom. The number of rotatable bonds is 6. The second-order valence-corrected chi connectivity index (χ2v) is 7.13. The van der Waals surface area contributed by atoms with E-state index in [9.17, 15) is 0 Å². The summed E-state index contributed by atoms with van der Waals surface area (Å²) in [5, 5.41) is 0. The summed E-state index contributed by atoms with van der Waals surface area (Å²) in [5.74, 6) is 0.722. The average Bonchev–Trinajstić information content (AvgIpc) is 2.30. The van der Waals surface area contributed by atoms with Crippen molar-refractivity contribution in [2.45, 2.75) is 78.3 Å². The Kier molecular flexibility index (Phi) is 6.13. The highest BCUT2D eigenvalue weighted by molar-refractivity contribution is 4.87. The SMILES string of the molecule is CCCC(C)C(CN)N(C)C1CCC(C)(C)CC1. The summed E-state index contributed by atoms with van der Waals surface area (Å²) in [6.07, 6.45) is 7.98. The lowest BCUT2D eigenvalue weighted by Crippen LogP contribution is -2.49. The number of likely N-dealkylation sites (N-methyl/N-ethyl adjacent to an activating group) is 1. The molecule has 2 atom stereocenters. The maximum absolute atomic E-state index is 6.02. The lowest BCUT2D eigenvalue weighted by Gasteiger charge is -2.43. The van der Waals surface area contributed by atoms with E-state index >= 15 is 0 Å². The van der Waals surface area contributed by atoms with E-state index in [1.165, 1.54) is 38.5 Å². The molecule has 2 N–H and O–H groups in total. The summed E-state index contributed by atoms with van der Waals surface area (Å²) >= 11 is 0. The lowest BCUT2D eigenvalue weighted by atomic mass is 9.75. The summed E-state index contributed by atoms with van der Waals surface area (Å²) in [7, 11) is 2.30. The van der Waals surface area contributed by atoms with E-state index in [4.69, 9.17) is 5.73 Å². The lowest BCUT2D eigenvalue weighted by molar-refractivity contribution is 0.0734. The monoisotopic (exact) mass is 254 g/mol. The third kappa shape index (κ3) is 4.24. The molecule has 0 amide bonds. The fourth-order valence-electron chi connectivity index (χ4n) is 3.51. The van der Waals surface area contributed by atoms with Crippen LogP contribution in [0.4, 0.5) is 0 Å². The minimum absolute atomic E-state index is 0.560. The average molecular weight is 254 g/mol. The van der Waals surface area contributed by atoms with Crippen molar-refractivity contribution >= 4 is 0 Å². The first-order valence-electron chi connectivity index (χ1n) is 7.83. The smallest absolute Gasteiger partial charge is 0.0243 e. The van der Waals surface area contributed by atoms with Crippen molar-refractivity contribution in [1.29, 1.82) is 0 Å². The van der Waals surface area contributed by atoms with Gasteiger partial charge >= 0.3 is 0 Å². The first-order valence-corrected chi connectivity index (χ1v) is 7.83. The Morgan fingerprint density at radius 2 is 1.83 bits per heavy atom. The molecule has 1 fully saturated rings. The first-order chi connectivity index (χ1) is 8.41. The van der Waals surface area contributed by atoms with E-state index in [-0.39, 0.29) is 0 Å². The van der Waals surface area contributed by atoms with Gasteiger partial charge in [0, 0.05) is 18.6 Å². The van der Waals surface area contributed by atoms with E-state index in [0.29, 0.717) is 11.5 Å². The summed E-state index contributed by atoms with van der Waals surface area (Å²) in [5.41, 5.74) is 6.58. The van der Waals surface area contributed by atoms with Crippen LogP contribution in [0.25, 0.3) is 0 Å². The van der Waals surface area contributed by atoms with Gasteiger partial charge in [-0.2, -0.15) is 0 Å². The number of nitrogens with two attached hydrogens (primary N) is 1. The Labute approximate surface area is 114 Å². The van der Waals surface area contributed by atoms with Crippen LogP contribution in [-0.2, 0) is 0 Å². The molecule has 0 saturated heterocycles. The van der Waals surface area contributed by atoms with Gasteiger partial charge in [0.15, 0.2) is 0 Å². The molecule has 2 heteroatoms. The second-order valence-electron chi connectivity index (χ2n) is 7.13. The Bertz CT molecular complexity index is 227. The van der Waals surface area contributed by atoms with E-state index < -0.39 is 0 Å². The van der Waals surface area contributed by atoms with Crippen molar-refractivity contribution in [3.05, 3.63) is 0 Å². The highest BCUT2D eigenvalue weighted by atomic mass is 15.2. The molecule has 0 heterocycles. The third-order valence-electron chi connectivity index (χ3n) is 5.05. The first kappa shape index (κ1) is 16.0. The molecule has 2 nitrogen and oxygen atoms in total. The Hall–Kier alpha value is -0.0800. The summed E-state index contributed by atoms with van der Waals surface area (Å²) in [4.78, 5) is 2.59. The van der Waals surface area contributed by atoms with Crippen molar-refractivity contribution in [3.63, 3.8) is 0 Å². The van der Waals surface area contributed by atoms with Crippen LogP contribution in [0.3, 0.4) is 0 Å². The van der Waals surface area contributed by atoms with Crippen molar-refractivity contribution < 1.29 is 0 Å². The van der Waals surface area contributed by atoms with Crippen LogP contribution in [0.15, 0.2) is 0 Å². The quantitative estimate of drug-likeness (QED) is 0.784. The minimum atomic E-state index is 0.560. The van der Waals surface area contributed by atoms with Gasteiger partial charge in [0.1, 0.15) is 0 Å². The van der Waals surface area contributed by atoms with Crippen LogP contribution in [0.2, 0.25) is 0 Å². The molecule has 0 aromatic carbocycles. The Balaban J connectivity index is 2.54. The van der Waals surface area contributed by atoms with Crippen molar-refractivity contribution in [2.75, 3.05) is 13.6 Å². The van der Waals surface area contributed by atoms with Crippen LogP contribution in [0, 0.1) is 11.3 Å². The molecule has 1 aliphatic carbocycles. The molecule has 0 radical (unpaired) electrons. The second kappa shape index (κ2) is 6.91. The van der Waals surface area contributed by atoms with Gasteiger partial charge in [-0.05, 0) is 50.5 Å². The number of hydrogen-bond acceptors (Lipinski definition) is 2. The molecule has 0 aromatic heterocycles. The molecule has 1 rings (SSSR count). The molecule has 0 aromatic rings. The third-order valence-corrected chi connectivity index (χ3v) is 5.05. The van der Waals surface area contributed by atoms with Crippen LogP contribution >= 0.6 is 0 Å². The molecule has 18 heavy (non-hydrogen) atoms. The predicted octanol–water partition coefficient (Wildman–Crippen LogP) is 3.65. The van der Waals surface area contributed by atoms with Gasteiger partial charge in [-0.3, -0.25) is 4.90 Å². The van der Waals surface area contributed by atoms with E-state index in [0.717, 1.165) is 18.5 Å². The Morgan fingerprint density at radius 1 is 1.28 bits per heavy atom. The molecule has 0 aliphatic heterocycles. The van der Waals surface area contributed by atoms with Gasteiger partial charge in [0.05, 0.1) is 0 Å². The van der Waals surface area contributed by atoms with Gasteiger partial charge in [-0.15, -0.1) is 0 Å². The summed E-state index contributed by atoms with van der Waals surface area (Å²) in [6, 6.07) is 1.32. The maximum atomic E-state index is 6.02. The van der Waals surface area contributed by atoms with Gasteiger partial charge in [0.2, 0.25) is 0 Å². The van der Waals surface area contributed by atoms with Crippen molar-refractivity contribution in [1.82, 2.24) is 4.90 Å². The normalized spacial score (nSPS) is 24.2. The standard InChI is InChI=1S/C16H34N2/c1-6-7-13(2)15(12-17)18(5)14-8-10-16(3,4)11-9-14/h13-15H,6-12,17H2,1-5H3. The molecular weight excluding hydrogens is 220 g/mol. The zero-order chi connectivity index (χ0) is 13.8. The molecule has 0 bridgehead atoms. The van der Waals surface area contributed by atoms with Crippen LogP contribution in [0.5, 0.6) is 0 Å². The van der Waals surface area contributed by atoms with Crippen LogP contribution in [0.1, 0.15) is 66.2 Å². The number of nitrogens with zero attached hydrogens (tertiary/aromatic N) is 1. The topological polar surface area (TPSA) is 29.3 Å². The van der Waals surface area contributed by atoms with Gasteiger partial charge in [0.25, 0.3) is 0 Å². The molecule has 2 unspecified atom stereocenters. The molecule has 1 saturated carbocycles. The molecule has 0 spiro atoms. The van der Waals surface area contributed by atoms with E-state index in [2.05, 4.69) is 39.6 Å². The zero-order valence-electron chi connectivity index (χ0n) is 13.2. The van der Waals surface area contributed by atoms with Crippen LogP contribution < -0.4 is 5.73 Å². The van der Waals surface area contributed by atoms with Crippen molar-refractivity contribution in [2.24, 2.45) is 17.1 Å². The van der Waals surface area contributed by atoms with Gasteiger partial charge in [-0.25, -0.2) is 0 Å². The highest BCUT2D eigenvalue weighted by Gasteiger charge is 2.32. The highest BCUT2D eigenvalue weighted by Crippen LogP contribution is 2.37. The van der Waals surface area contributed by atoms with Gasteiger partial charge in [-0.1, -0.05) is 34.1 Å². The molecular formula is C16H34N2. The number of hydrogen-bond donors (Lipinski definition) is 1. The summed E-state index contributed by atoms with van der Waals surface area (Å²) < 4.78 is 0. The fourth-order valence-corrected chi connectivity index (χ4v) is 3.51. The van der Waals surface area contributed by atoms with E-state index in [1.54, 1.807) is 0 Å². The van der Waals surface area contributed by atoms with Gasteiger partial charge < -0.3 is 5.73 Å². The largest absolute Gasteiger partial charge is 0.329 e. The minimum Gasteiger partial charge on any atom is -0.329 e. The molecule has 108 valence electrons.